The quantitative estimate of drug-likeness (QED) is 0.334. The number of halogens is 1. The van der Waals surface area contributed by atoms with Gasteiger partial charge in [0.1, 0.15) is 18.0 Å². The monoisotopic (exact) mass is 531 g/mol. The lowest BCUT2D eigenvalue weighted by molar-refractivity contribution is -0.119. The standard InChI is InChI=1S/C23H22BrN3O5S/c1-31-18-12-13-22(32-2)21(14-18)27(33(29,30)19-9-4-3-5-10-19)16-23(28)26-25-15-17-8-6-7-11-20(17)24/h3-15H,16H2,1-2H3,(H,26,28)/b25-15-. The van der Waals surface area contributed by atoms with Gasteiger partial charge in [0.25, 0.3) is 15.9 Å². The number of benzene rings is 3. The maximum Gasteiger partial charge on any atom is 0.264 e. The normalized spacial score (nSPS) is 11.2. The average molecular weight is 532 g/mol. The van der Waals surface area contributed by atoms with E-state index < -0.39 is 22.5 Å². The van der Waals surface area contributed by atoms with Crippen molar-refractivity contribution < 1.29 is 22.7 Å². The third-order valence-corrected chi connectivity index (χ3v) is 7.07. The summed E-state index contributed by atoms with van der Waals surface area (Å²) in [6.45, 7) is -0.534. The Kier molecular flexibility index (Phi) is 8.07. The van der Waals surface area contributed by atoms with Crippen LogP contribution >= 0.6 is 15.9 Å². The second kappa shape index (κ2) is 11.0. The molecule has 1 N–H and O–H groups in total. The van der Waals surface area contributed by atoms with Crippen LogP contribution in [0.4, 0.5) is 5.69 Å². The van der Waals surface area contributed by atoms with Crippen LogP contribution in [0.1, 0.15) is 5.56 Å². The fourth-order valence-corrected chi connectivity index (χ4v) is 4.76. The van der Waals surface area contributed by atoms with E-state index in [1.54, 1.807) is 30.3 Å². The molecule has 3 aromatic rings. The molecule has 0 fully saturated rings. The number of hydrogen-bond donors (Lipinski definition) is 1. The highest BCUT2D eigenvalue weighted by Gasteiger charge is 2.29. The van der Waals surface area contributed by atoms with Gasteiger partial charge in [0.2, 0.25) is 0 Å². The van der Waals surface area contributed by atoms with E-state index in [1.807, 2.05) is 24.3 Å². The van der Waals surface area contributed by atoms with Crippen molar-refractivity contribution in [2.45, 2.75) is 4.90 Å². The molecule has 172 valence electrons. The van der Waals surface area contributed by atoms with Gasteiger partial charge in [0, 0.05) is 16.1 Å². The maximum absolute atomic E-state index is 13.5. The number of nitrogens with one attached hydrogen (secondary N) is 1. The molecule has 0 unspecified atom stereocenters. The lowest BCUT2D eigenvalue weighted by Gasteiger charge is -2.25. The van der Waals surface area contributed by atoms with Gasteiger partial charge in [-0.2, -0.15) is 5.10 Å². The Morgan fingerprint density at radius 3 is 2.39 bits per heavy atom. The highest BCUT2D eigenvalue weighted by Crippen LogP contribution is 2.35. The van der Waals surface area contributed by atoms with Crippen molar-refractivity contribution >= 4 is 43.8 Å². The highest BCUT2D eigenvalue weighted by atomic mass is 79.9. The van der Waals surface area contributed by atoms with Gasteiger partial charge in [0.15, 0.2) is 0 Å². The minimum Gasteiger partial charge on any atom is -0.497 e. The van der Waals surface area contributed by atoms with E-state index in [9.17, 15) is 13.2 Å². The molecule has 0 saturated heterocycles. The molecule has 0 aliphatic rings. The summed E-state index contributed by atoms with van der Waals surface area (Å²) in [6, 6.07) is 19.9. The summed E-state index contributed by atoms with van der Waals surface area (Å²) in [6.07, 6.45) is 1.46. The maximum atomic E-state index is 13.5. The number of hydrazone groups is 1. The van der Waals surface area contributed by atoms with Crippen LogP contribution in [0, 0.1) is 0 Å². The topological polar surface area (TPSA) is 97.3 Å². The van der Waals surface area contributed by atoms with Gasteiger partial charge in [-0.15, -0.1) is 0 Å². The van der Waals surface area contributed by atoms with E-state index in [0.29, 0.717) is 5.75 Å². The fourth-order valence-electron chi connectivity index (χ4n) is 2.93. The average Bonchev–Trinajstić information content (AvgIpc) is 2.83. The number of hydrogen-bond acceptors (Lipinski definition) is 6. The molecule has 0 atom stereocenters. The van der Waals surface area contributed by atoms with Gasteiger partial charge in [-0.25, -0.2) is 13.8 Å². The Bertz CT molecular complexity index is 1250. The molecule has 33 heavy (non-hydrogen) atoms. The van der Waals surface area contributed by atoms with Crippen molar-refractivity contribution in [3.8, 4) is 11.5 Å². The van der Waals surface area contributed by atoms with Gasteiger partial charge >= 0.3 is 0 Å². The van der Waals surface area contributed by atoms with E-state index >= 15 is 0 Å². The molecule has 0 aliphatic carbocycles. The first-order chi connectivity index (χ1) is 15.9. The summed E-state index contributed by atoms with van der Waals surface area (Å²) in [5.74, 6) is 0.0360. The molecule has 3 rings (SSSR count). The number of carbonyl (C=O) groups is 1. The number of sulfonamides is 1. The van der Waals surface area contributed by atoms with Crippen LogP contribution in [0.5, 0.6) is 11.5 Å². The van der Waals surface area contributed by atoms with Gasteiger partial charge in [-0.3, -0.25) is 9.10 Å². The molecule has 0 bridgehead atoms. The number of nitrogens with zero attached hydrogens (tertiary/aromatic N) is 2. The largest absolute Gasteiger partial charge is 0.497 e. The van der Waals surface area contributed by atoms with Crippen molar-refractivity contribution in [1.29, 1.82) is 0 Å². The van der Waals surface area contributed by atoms with Crippen LogP contribution in [0.2, 0.25) is 0 Å². The predicted molar refractivity (Wildman–Crippen MR) is 130 cm³/mol. The molecule has 3 aromatic carbocycles. The summed E-state index contributed by atoms with van der Waals surface area (Å²) in [5, 5.41) is 3.95. The molecule has 0 radical (unpaired) electrons. The number of carbonyl (C=O) groups excluding carboxylic acids is 1. The number of rotatable bonds is 9. The van der Waals surface area contributed by atoms with Crippen LogP contribution in [-0.4, -0.2) is 41.3 Å². The number of amides is 1. The zero-order chi connectivity index (χ0) is 23.8. The summed E-state index contributed by atoms with van der Waals surface area (Å²) in [4.78, 5) is 12.7. The number of anilines is 1. The van der Waals surface area contributed by atoms with Gasteiger partial charge in [0.05, 0.1) is 31.0 Å². The molecule has 0 aliphatic heterocycles. The Balaban J connectivity index is 1.94. The fraction of sp³-hybridized carbons (Fsp3) is 0.130. The molecule has 0 heterocycles. The van der Waals surface area contributed by atoms with Gasteiger partial charge in [-0.1, -0.05) is 52.3 Å². The van der Waals surface area contributed by atoms with E-state index in [0.717, 1.165) is 14.3 Å². The van der Waals surface area contributed by atoms with Crippen molar-refractivity contribution in [1.82, 2.24) is 5.43 Å². The molecule has 8 nitrogen and oxygen atoms in total. The first-order valence-corrected chi connectivity index (χ1v) is 12.0. The molecular formula is C23H22BrN3O5S. The Morgan fingerprint density at radius 2 is 1.73 bits per heavy atom. The third-order valence-electron chi connectivity index (χ3n) is 4.57. The smallest absolute Gasteiger partial charge is 0.264 e. The van der Waals surface area contributed by atoms with Crippen molar-refractivity contribution in [2.24, 2.45) is 5.10 Å². The molecule has 1 amide bonds. The van der Waals surface area contributed by atoms with Crippen LogP contribution < -0.4 is 19.2 Å². The Hall–Kier alpha value is -3.37. The number of methoxy groups -OCH3 is 2. The van der Waals surface area contributed by atoms with Crippen molar-refractivity contribution in [2.75, 3.05) is 25.1 Å². The summed E-state index contributed by atoms with van der Waals surface area (Å²) in [7, 11) is -1.23. The van der Waals surface area contributed by atoms with Crippen LogP contribution in [-0.2, 0) is 14.8 Å². The minimum absolute atomic E-state index is 0.0272. The Morgan fingerprint density at radius 1 is 1.03 bits per heavy atom. The second-order valence-electron chi connectivity index (χ2n) is 6.68. The van der Waals surface area contributed by atoms with Gasteiger partial charge in [-0.05, 0) is 30.3 Å². The zero-order valence-electron chi connectivity index (χ0n) is 17.9. The lowest BCUT2D eigenvalue weighted by Crippen LogP contribution is -2.39. The minimum atomic E-state index is -4.11. The first kappa shape index (κ1) is 24.3. The summed E-state index contributed by atoms with van der Waals surface area (Å²) in [5.41, 5.74) is 3.29. The SMILES string of the molecule is COc1ccc(OC)c(N(CC(=O)N/N=C\c2ccccc2Br)S(=O)(=O)c2ccccc2)c1. The summed E-state index contributed by atoms with van der Waals surface area (Å²) >= 11 is 3.40. The van der Waals surface area contributed by atoms with Crippen molar-refractivity contribution in [3.05, 3.63) is 82.8 Å². The van der Waals surface area contributed by atoms with Crippen LogP contribution in [0.3, 0.4) is 0 Å². The zero-order valence-corrected chi connectivity index (χ0v) is 20.3. The van der Waals surface area contributed by atoms with E-state index in [1.165, 1.54) is 38.6 Å². The molecule has 0 spiro atoms. The van der Waals surface area contributed by atoms with Gasteiger partial charge < -0.3 is 9.47 Å². The van der Waals surface area contributed by atoms with Crippen molar-refractivity contribution in [3.63, 3.8) is 0 Å². The van der Waals surface area contributed by atoms with E-state index in [2.05, 4.69) is 26.5 Å². The second-order valence-corrected chi connectivity index (χ2v) is 9.39. The highest BCUT2D eigenvalue weighted by molar-refractivity contribution is 9.10. The Labute approximate surface area is 201 Å². The lowest BCUT2D eigenvalue weighted by atomic mass is 10.2. The van der Waals surface area contributed by atoms with Crippen LogP contribution in [0.25, 0.3) is 0 Å². The first-order valence-electron chi connectivity index (χ1n) is 9.73. The van der Waals surface area contributed by atoms with Crippen LogP contribution in [0.15, 0.2) is 87.3 Å². The molecule has 10 heteroatoms. The number of ether oxygens (including phenoxy) is 2. The summed E-state index contributed by atoms with van der Waals surface area (Å²) < 4.78 is 39.3. The van der Waals surface area contributed by atoms with E-state index in [-0.39, 0.29) is 16.3 Å². The molecule has 0 saturated carbocycles. The van der Waals surface area contributed by atoms with E-state index in [4.69, 9.17) is 9.47 Å². The predicted octanol–water partition coefficient (Wildman–Crippen LogP) is 3.81. The third kappa shape index (κ3) is 5.91. The molecular weight excluding hydrogens is 510 g/mol. The molecule has 0 aromatic heterocycles.